The highest BCUT2D eigenvalue weighted by Gasteiger charge is 2.18. The van der Waals surface area contributed by atoms with Crippen LogP contribution in [0.2, 0.25) is 0 Å². The maximum Gasteiger partial charge on any atom is 0.226 e. The Morgan fingerprint density at radius 1 is 0.815 bits per heavy atom. The van der Waals surface area contributed by atoms with Crippen LogP contribution in [-0.2, 0) is 4.79 Å². The standard InChI is InChI=1S/C22H24N4O/c1-16(2)23-20-13-14-21(26-25-20)24-22(27)15-19(17-9-5-3-6-10-17)18-11-7-4-8-12-18/h3-14,16,19H,15H2,1-2H3,(H,23,25)(H,24,26,27). The van der Waals surface area contributed by atoms with Crippen LogP contribution in [0.1, 0.15) is 37.3 Å². The molecule has 0 spiro atoms. The molecular weight excluding hydrogens is 336 g/mol. The number of hydrogen-bond acceptors (Lipinski definition) is 4. The van der Waals surface area contributed by atoms with E-state index in [1.54, 1.807) is 6.07 Å². The zero-order valence-electron chi connectivity index (χ0n) is 15.6. The molecule has 2 aromatic carbocycles. The van der Waals surface area contributed by atoms with E-state index in [4.69, 9.17) is 0 Å². The fourth-order valence-corrected chi connectivity index (χ4v) is 2.95. The van der Waals surface area contributed by atoms with E-state index in [2.05, 4.69) is 45.1 Å². The predicted molar refractivity (Wildman–Crippen MR) is 109 cm³/mol. The fraction of sp³-hybridized carbons (Fsp3) is 0.227. The molecule has 1 aromatic heterocycles. The monoisotopic (exact) mass is 360 g/mol. The Balaban J connectivity index is 1.71. The lowest BCUT2D eigenvalue weighted by Crippen LogP contribution is -2.18. The molecule has 0 unspecified atom stereocenters. The Labute approximate surface area is 159 Å². The average Bonchev–Trinajstić information content (AvgIpc) is 2.69. The third kappa shape index (κ3) is 5.38. The van der Waals surface area contributed by atoms with Crippen LogP contribution in [0.15, 0.2) is 72.8 Å². The second kappa shape index (κ2) is 8.94. The molecular formula is C22H24N4O. The quantitative estimate of drug-likeness (QED) is 0.653. The topological polar surface area (TPSA) is 66.9 Å². The Morgan fingerprint density at radius 3 is 1.81 bits per heavy atom. The molecule has 0 aliphatic heterocycles. The third-order valence-electron chi connectivity index (χ3n) is 4.16. The predicted octanol–water partition coefficient (Wildman–Crippen LogP) is 4.46. The highest BCUT2D eigenvalue weighted by molar-refractivity contribution is 5.90. The van der Waals surface area contributed by atoms with Gasteiger partial charge in [0.1, 0.15) is 5.82 Å². The van der Waals surface area contributed by atoms with Crippen LogP contribution in [0.4, 0.5) is 11.6 Å². The minimum Gasteiger partial charge on any atom is -0.366 e. The van der Waals surface area contributed by atoms with E-state index in [0.29, 0.717) is 18.1 Å². The molecule has 2 N–H and O–H groups in total. The normalized spacial score (nSPS) is 10.8. The maximum absolute atomic E-state index is 12.6. The van der Waals surface area contributed by atoms with Crippen molar-refractivity contribution in [3.05, 3.63) is 83.9 Å². The van der Waals surface area contributed by atoms with Gasteiger partial charge in [-0.2, -0.15) is 0 Å². The first-order chi connectivity index (χ1) is 13.1. The van der Waals surface area contributed by atoms with Crippen molar-refractivity contribution >= 4 is 17.5 Å². The highest BCUT2D eigenvalue weighted by atomic mass is 16.1. The molecule has 0 aliphatic rings. The smallest absolute Gasteiger partial charge is 0.226 e. The number of nitrogens with zero attached hydrogens (tertiary/aromatic N) is 2. The van der Waals surface area contributed by atoms with E-state index in [1.165, 1.54) is 0 Å². The van der Waals surface area contributed by atoms with Crippen LogP contribution >= 0.6 is 0 Å². The molecule has 138 valence electrons. The van der Waals surface area contributed by atoms with Gasteiger partial charge in [0.25, 0.3) is 0 Å². The molecule has 0 atom stereocenters. The van der Waals surface area contributed by atoms with Crippen LogP contribution in [0, 0.1) is 0 Å². The zero-order chi connectivity index (χ0) is 19.1. The van der Waals surface area contributed by atoms with Gasteiger partial charge in [-0.3, -0.25) is 4.79 Å². The molecule has 27 heavy (non-hydrogen) atoms. The summed E-state index contributed by atoms with van der Waals surface area (Å²) < 4.78 is 0. The van der Waals surface area contributed by atoms with Crippen molar-refractivity contribution in [2.45, 2.75) is 32.2 Å². The van der Waals surface area contributed by atoms with Crippen LogP contribution in [0.25, 0.3) is 0 Å². The van der Waals surface area contributed by atoms with Crippen LogP contribution in [-0.4, -0.2) is 22.1 Å². The Kier molecular flexibility index (Phi) is 6.15. The SMILES string of the molecule is CC(C)Nc1ccc(NC(=O)CC(c2ccccc2)c2ccccc2)nn1. The lowest BCUT2D eigenvalue weighted by Gasteiger charge is -2.17. The van der Waals surface area contributed by atoms with Gasteiger partial charge in [0.05, 0.1) is 0 Å². The summed E-state index contributed by atoms with van der Waals surface area (Å²) in [6.45, 7) is 4.06. The number of anilines is 2. The van der Waals surface area contributed by atoms with E-state index in [1.807, 2.05) is 56.3 Å². The molecule has 0 aliphatic carbocycles. The summed E-state index contributed by atoms with van der Waals surface area (Å²) in [6.07, 6.45) is 0.335. The zero-order valence-corrected chi connectivity index (χ0v) is 15.6. The number of carbonyl (C=O) groups excluding carboxylic acids is 1. The number of carbonyl (C=O) groups is 1. The highest BCUT2D eigenvalue weighted by Crippen LogP contribution is 2.28. The molecule has 1 amide bonds. The number of rotatable bonds is 7. The van der Waals surface area contributed by atoms with Crippen molar-refractivity contribution in [1.29, 1.82) is 0 Å². The minimum atomic E-state index is -0.0911. The van der Waals surface area contributed by atoms with Crippen molar-refractivity contribution in [3.8, 4) is 0 Å². The van der Waals surface area contributed by atoms with Gasteiger partial charge in [-0.25, -0.2) is 0 Å². The van der Waals surface area contributed by atoms with Gasteiger partial charge >= 0.3 is 0 Å². The van der Waals surface area contributed by atoms with Gasteiger partial charge in [0, 0.05) is 18.4 Å². The van der Waals surface area contributed by atoms with Crippen LogP contribution < -0.4 is 10.6 Å². The summed E-state index contributed by atoms with van der Waals surface area (Å²) in [4.78, 5) is 12.6. The summed E-state index contributed by atoms with van der Waals surface area (Å²) in [5, 5.41) is 14.2. The largest absolute Gasteiger partial charge is 0.366 e. The second-order valence-electron chi connectivity index (χ2n) is 6.73. The summed E-state index contributed by atoms with van der Waals surface area (Å²) in [6, 6.07) is 24.0. The van der Waals surface area contributed by atoms with Crippen molar-refractivity contribution in [2.75, 3.05) is 10.6 Å². The summed E-state index contributed by atoms with van der Waals surface area (Å²) in [5.41, 5.74) is 2.22. The molecule has 0 bridgehead atoms. The number of aromatic nitrogens is 2. The van der Waals surface area contributed by atoms with E-state index in [0.717, 1.165) is 11.1 Å². The molecule has 0 saturated heterocycles. The van der Waals surface area contributed by atoms with Crippen LogP contribution in [0.5, 0.6) is 0 Å². The number of benzene rings is 2. The minimum absolute atomic E-state index is 0.0118. The molecule has 0 saturated carbocycles. The first-order valence-electron chi connectivity index (χ1n) is 9.12. The second-order valence-corrected chi connectivity index (χ2v) is 6.73. The Hall–Kier alpha value is -3.21. The van der Waals surface area contributed by atoms with Crippen LogP contribution in [0.3, 0.4) is 0 Å². The third-order valence-corrected chi connectivity index (χ3v) is 4.16. The maximum atomic E-state index is 12.6. The molecule has 5 heteroatoms. The summed E-state index contributed by atoms with van der Waals surface area (Å²) >= 11 is 0. The average molecular weight is 360 g/mol. The molecule has 0 fully saturated rings. The van der Waals surface area contributed by atoms with E-state index < -0.39 is 0 Å². The van der Waals surface area contributed by atoms with E-state index >= 15 is 0 Å². The van der Waals surface area contributed by atoms with Gasteiger partial charge in [-0.1, -0.05) is 60.7 Å². The fourth-order valence-electron chi connectivity index (χ4n) is 2.95. The molecule has 3 aromatic rings. The number of amides is 1. The molecule has 0 radical (unpaired) electrons. The van der Waals surface area contributed by atoms with Gasteiger partial charge in [0.15, 0.2) is 5.82 Å². The molecule has 3 rings (SSSR count). The van der Waals surface area contributed by atoms with Crippen molar-refractivity contribution in [3.63, 3.8) is 0 Å². The Bertz CT molecular complexity index is 809. The van der Waals surface area contributed by atoms with Gasteiger partial charge < -0.3 is 10.6 Å². The van der Waals surface area contributed by atoms with Gasteiger partial charge in [0.2, 0.25) is 5.91 Å². The van der Waals surface area contributed by atoms with Crippen molar-refractivity contribution in [1.82, 2.24) is 10.2 Å². The van der Waals surface area contributed by atoms with E-state index in [-0.39, 0.29) is 17.9 Å². The van der Waals surface area contributed by atoms with E-state index in [9.17, 15) is 4.79 Å². The lowest BCUT2D eigenvalue weighted by atomic mass is 9.88. The molecule has 5 nitrogen and oxygen atoms in total. The van der Waals surface area contributed by atoms with Crippen molar-refractivity contribution < 1.29 is 4.79 Å². The molecule has 1 heterocycles. The van der Waals surface area contributed by atoms with Gasteiger partial charge in [-0.05, 0) is 37.1 Å². The number of nitrogens with one attached hydrogen (secondary N) is 2. The van der Waals surface area contributed by atoms with Crippen molar-refractivity contribution in [2.24, 2.45) is 0 Å². The summed E-state index contributed by atoms with van der Waals surface area (Å²) in [7, 11) is 0. The van der Waals surface area contributed by atoms with Gasteiger partial charge in [-0.15, -0.1) is 10.2 Å². The summed E-state index contributed by atoms with van der Waals surface area (Å²) in [5.74, 6) is 1.04. The lowest BCUT2D eigenvalue weighted by molar-refractivity contribution is -0.116. The number of hydrogen-bond donors (Lipinski definition) is 2. The Morgan fingerprint density at radius 2 is 1.33 bits per heavy atom. The first-order valence-corrected chi connectivity index (χ1v) is 9.12. The first kappa shape index (κ1) is 18.6.